The predicted molar refractivity (Wildman–Crippen MR) is 91.1 cm³/mol. The van der Waals surface area contributed by atoms with E-state index < -0.39 is 0 Å². The average molecular weight is 339 g/mol. The van der Waals surface area contributed by atoms with Gasteiger partial charge in [-0.3, -0.25) is 9.58 Å². The van der Waals surface area contributed by atoms with Gasteiger partial charge < -0.3 is 4.74 Å². The number of nitrogens with zero attached hydrogens (tertiary/aromatic N) is 7. The van der Waals surface area contributed by atoms with Crippen LogP contribution in [0.4, 0.5) is 0 Å². The maximum atomic E-state index is 5.89. The molecule has 3 heterocycles. The molecule has 0 bridgehead atoms. The minimum absolute atomic E-state index is 0.120. The second-order valence-electron chi connectivity index (χ2n) is 6.31. The Kier molecular flexibility index (Phi) is 4.53. The summed E-state index contributed by atoms with van der Waals surface area (Å²) >= 11 is 0. The molecule has 1 aliphatic rings. The molecule has 25 heavy (non-hydrogen) atoms. The molecule has 130 valence electrons. The SMILES string of the molecule is Cc1cnn(C[C@@H]2CN(Cc3nnnn3-c3ccccc3)CCO2)c1. The third-order valence-corrected chi connectivity index (χ3v) is 4.28. The number of hydrogen-bond acceptors (Lipinski definition) is 6. The topological polar surface area (TPSA) is 73.9 Å². The van der Waals surface area contributed by atoms with E-state index in [0.717, 1.165) is 36.7 Å². The van der Waals surface area contributed by atoms with Crippen molar-refractivity contribution in [3.05, 3.63) is 54.1 Å². The highest BCUT2D eigenvalue weighted by molar-refractivity contribution is 5.30. The maximum absolute atomic E-state index is 5.89. The second kappa shape index (κ2) is 7.12. The lowest BCUT2D eigenvalue weighted by atomic mass is 10.2. The van der Waals surface area contributed by atoms with Gasteiger partial charge in [0.05, 0.1) is 37.7 Å². The standard InChI is InChI=1S/C17H21N7O/c1-14-9-18-23(10-14)12-16-11-22(7-8-25-16)13-17-19-20-21-24(17)15-5-3-2-4-6-15/h2-6,9-10,16H,7-8,11-13H2,1H3/t16-/m0/s1. The molecule has 1 saturated heterocycles. The van der Waals surface area contributed by atoms with E-state index in [-0.39, 0.29) is 6.10 Å². The smallest absolute Gasteiger partial charge is 0.170 e. The van der Waals surface area contributed by atoms with Crippen LogP contribution < -0.4 is 0 Å². The molecule has 0 radical (unpaired) electrons. The summed E-state index contributed by atoms with van der Waals surface area (Å²) in [4.78, 5) is 2.33. The highest BCUT2D eigenvalue weighted by Gasteiger charge is 2.23. The first kappa shape index (κ1) is 15.9. The molecule has 1 atom stereocenters. The molecule has 8 nitrogen and oxygen atoms in total. The van der Waals surface area contributed by atoms with Crippen LogP contribution in [0.15, 0.2) is 42.7 Å². The lowest BCUT2D eigenvalue weighted by molar-refractivity contribution is -0.0410. The summed E-state index contributed by atoms with van der Waals surface area (Å²) < 4.78 is 9.63. The van der Waals surface area contributed by atoms with E-state index in [4.69, 9.17) is 4.74 Å². The molecule has 3 aromatic rings. The van der Waals surface area contributed by atoms with E-state index in [2.05, 4.69) is 25.5 Å². The molecular formula is C17H21N7O. The number of aromatic nitrogens is 6. The summed E-state index contributed by atoms with van der Waals surface area (Å²) in [6.07, 6.45) is 4.03. The number of para-hydroxylation sites is 1. The number of ether oxygens (including phenoxy) is 1. The number of morpholine rings is 1. The quantitative estimate of drug-likeness (QED) is 0.692. The van der Waals surface area contributed by atoms with E-state index in [9.17, 15) is 0 Å². The van der Waals surface area contributed by atoms with Crippen LogP contribution in [0.2, 0.25) is 0 Å². The van der Waals surface area contributed by atoms with Gasteiger partial charge >= 0.3 is 0 Å². The largest absolute Gasteiger partial charge is 0.374 e. The van der Waals surface area contributed by atoms with Crippen LogP contribution in [0.25, 0.3) is 5.69 Å². The van der Waals surface area contributed by atoms with Gasteiger partial charge in [-0.1, -0.05) is 18.2 Å². The van der Waals surface area contributed by atoms with Crippen LogP contribution in [0, 0.1) is 6.92 Å². The Labute approximate surface area is 146 Å². The average Bonchev–Trinajstić information content (AvgIpc) is 3.25. The van der Waals surface area contributed by atoms with Crippen LogP contribution in [0.5, 0.6) is 0 Å². The highest BCUT2D eigenvalue weighted by Crippen LogP contribution is 2.13. The Morgan fingerprint density at radius 1 is 1.24 bits per heavy atom. The summed E-state index contributed by atoms with van der Waals surface area (Å²) in [6, 6.07) is 9.95. The number of tetrazole rings is 1. The van der Waals surface area contributed by atoms with Crippen molar-refractivity contribution in [3.8, 4) is 5.69 Å². The van der Waals surface area contributed by atoms with E-state index >= 15 is 0 Å². The number of hydrogen-bond donors (Lipinski definition) is 0. The van der Waals surface area contributed by atoms with Crippen molar-refractivity contribution < 1.29 is 4.74 Å². The lowest BCUT2D eigenvalue weighted by Crippen LogP contribution is -2.44. The van der Waals surface area contributed by atoms with Crippen molar-refractivity contribution in [3.63, 3.8) is 0 Å². The van der Waals surface area contributed by atoms with Gasteiger partial charge in [-0.15, -0.1) is 5.10 Å². The van der Waals surface area contributed by atoms with E-state index in [0.29, 0.717) is 13.2 Å². The van der Waals surface area contributed by atoms with Crippen molar-refractivity contribution in [1.82, 2.24) is 34.9 Å². The van der Waals surface area contributed by atoms with Crippen molar-refractivity contribution in [1.29, 1.82) is 0 Å². The Morgan fingerprint density at radius 3 is 2.92 bits per heavy atom. The molecule has 1 aromatic carbocycles. The van der Waals surface area contributed by atoms with Gasteiger partial charge in [-0.25, -0.2) is 0 Å². The summed E-state index contributed by atoms with van der Waals surface area (Å²) in [7, 11) is 0. The molecule has 4 rings (SSSR count). The minimum atomic E-state index is 0.120. The van der Waals surface area contributed by atoms with E-state index in [1.54, 1.807) is 4.68 Å². The summed E-state index contributed by atoms with van der Waals surface area (Å²) in [5.41, 5.74) is 2.13. The zero-order valence-electron chi connectivity index (χ0n) is 14.2. The van der Waals surface area contributed by atoms with Crippen LogP contribution in [-0.2, 0) is 17.8 Å². The van der Waals surface area contributed by atoms with Gasteiger partial charge in [-0.05, 0) is 35.0 Å². The molecule has 0 saturated carbocycles. The molecule has 0 unspecified atom stereocenters. The van der Waals surface area contributed by atoms with Crippen LogP contribution in [0.1, 0.15) is 11.4 Å². The third-order valence-electron chi connectivity index (χ3n) is 4.28. The Morgan fingerprint density at radius 2 is 2.12 bits per heavy atom. The minimum Gasteiger partial charge on any atom is -0.374 e. The predicted octanol–water partition coefficient (Wildman–Crippen LogP) is 1.07. The fourth-order valence-corrected chi connectivity index (χ4v) is 3.08. The first-order valence-electron chi connectivity index (χ1n) is 8.43. The van der Waals surface area contributed by atoms with E-state index in [1.807, 2.05) is 54.3 Å². The number of aryl methyl sites for hydroxylation is 1. The molecule has 0 aliphatic carbocycles. The first-order valence-corrected chi connectivity index (χ1v) is 8.43. The lowest BCUT2D eigenvalue weighted by Gasteiger charge is -2.32. The van der Waals surface area contributed by atoms with Crippen LogP contribution >= 0.6 is 0 Å². The molecule has 1 fully saturated rings. The van der Waals surface area contributed by atoms with Gasteiger partial charge in [-0.2, -0.15) is 9.78 Å². The number of benzene rings is 1. The number of rotatable bonds is 5. The Bertz CT molecular complexity index is 813. The molecular weight excluding hydrogens is 318 g/mol. The van der Waals surface area contributed by atoms with Crippen LogP contribution in [-0.4, -0.2) is 60.7 Å². The third kappa shape index (κ3) is 3.75. The zero-order valence-corrected chi connectivity index (χ0v) is 14.2. The highest BCUT2D eigenvalue weighted by atomic mass is 16.5. The molecule has 8 heteroatoms. The van der Waals surface area contributed by atoms with Gasteiger partial charge in [0.2, 0.25) is 0 Å². The van der Waals surface area contributed by atoms with Crippen molar-refractivity contribution in [2.24, 2.45) is 0 Å². The summed E-state index contributed by atoms with van der Waals surface area (Å²) in [5, 5.41) is 16.5. The normalized spacial score (nSPS) is 18.5. The second-order valence-corrected chi connectivity index (χ2v) is 6.31. The summed E-state index contributed by atoms with van der Waals surface area (Å²) in [5.74, 6) is 0.835. The van der Waals surface area contributed by atoms with Crippen molar-refractivity contribution in [2.45, 2.75) is 26.1 Å². The maximum Gasteiger partial charge on any atom is 0.170 e. The molecule has 1 aliphatic heterocycles. The Balaban J connectivity index is 1.42. The van der Waals surface area contributed by atoms with Gasteiger partial charge in [0, 0.05) is 19.3 Å². The zero-order chi connectivity index (χ0) is 17.1. The molecule has 0 amide bonds. The van der Waals surface area contributed by atoms with Crippen molar-refractivity contribution >= 4 is 0 Å². The van der Waals surface area contributed by atoms with Gasteiger partial charge in [0.25, 0.3) is 0 Å². The molecule has 0 N–H and O–H groups in total. The van der Waals surface area contributed by atoms with E-state index in [1.165, 1.54) is 0 Å². The molecule has 0 spiro atoms. The first-order chi connectivity index (χ1) is 12.3. The van der Waals surface area contributed by atoms with Gasteiger partial charge in [0.1, 0.15) is 0 Å². The van der Waals surface area contributed by atoms with Gasteiger partial charge in [0.15, 0.2) is 5.82 Å². The monoisotopic (exact) mass is 339 g/mol. The fourth-order valence-electron chi connectivity index (χ4n) is 3.08. The fraction of sp³-hybridized carbons (Fsp3) is 0.412. The van der Waals surface area contributed by atoms with Crippen molar-refractivity contribution in [2.75, 3.05) is 19.7 Å². The summed E-state index contributed by atoms with van der Waals surface area (Å²) in [6.45, 7) is 5.91. The Hall–Kier alpha value is -2.58. The molecule has 2 aromatic heterocycles. The van der Waals surface area contributed by atoms with Crippen LogP contribution in [0.3, 0.4) is 0 Å².